The number of hydrogen-bond acceptors (Lipinski definition) is 8. The third-order valence-electron chi connectivity index (χ3n) is 4.23. The fourth-order valence-electron chi connectivity index (χ4n) is 2.75. The van der Waals surface area contributed by atoms with Crippen LogP contribution >= 0.6 is 0 Å². The highest BCUT2D eigenvalue weighted by atomic mass is 32.2. The van der Waals surface area contributed by atoms with E-state index in [4.69, 9.17) is 24.7 Å². The topological polar surface area (TPSA) is 115 Å². The van der Waals surface area contributed by atoms with Crippen molar-refractivity contribution in [2.75, 3.05) is 34.2 Å². The van der Waals surface area contributed by atoms with Crippen molar-refractivity contribution in [3.63, 3.8) is 0 Å². The van der Waals surface area contributed by atoms with Gasteiger partial charge in [-0.1, -0.05) is 0 Å². The van der Waals surface area contributed by atoms with Crippen LogP contribution in [0.4, 0.5) is 5.82 Å². The fraction of sp³-hybridized carbons (Fsp3) is 0.211. The average molecular weight is 419 g/mol. The van der Waals surface area contributed by atoms with Crippen molar-refractivity contribution < 1.29 is 27.4 Å². The second kappa shape index (κ2) is 7.92. The molecular weight excluding hydrogens is 398 g/mol. The Balaban J connectivity index is 2.09. The molecule has 0 fully saturated rings. The molecular formula is C19H21N3O6S. The van der Waals surface area contributed by atoms with Crippen LogP contribution in [-0.2, 0) is 10.0 Å². The third kappa shape index (κ3) is 3.79. The van der Waals surface area contributed by atoms with E-state index in [-0.39, 0.29) is 16.5 Å². The standard InChI is InChI=1S/C19H21N3O6S/c1-25-13-7-12(8-14(9-13)26-2)16-11-19(20)22(21-16)29(23,24)15-5-6-17(27-3)18(10-15)28-4/h5-11H,20H2,1-4H3. The highest BCUT2D eigenvalue weighted by Crippen LogP contribution is 2.33. The van der Waals surface area contributed by atoms with E-state index in [1.54, 1.807) is 18.2 Å². The zero-order valence-corrected chi connectivity index (χ0v) is 17.2. The molecule has 0 spiro atoms. The molecule has 0 atom stereocenters. The van der Waals surface area contributed by atoms with Crippen molar-refractivity contribution in [2.45, 2.75) is 4.90 Å². The van der Waals surface area contributed by atoms with Crippen LogP contribution in [0.25, 0.3) is 11.3 Å². The maximum Gasteiger partial charge on any atom is 0.285 e. The summed E-state index contributed by atoms with van der Waals surface area (Å²) in [5, 5.41) is 4.20. The van der Waals surface area contributed by atoms with E-state index in [2.05, 4.69) is 5.10 Å². The van der Waals surface area contributed by atoms with Gasteiger partial charge < -0.3 is 24.7 Å². The van der Waals surface area contributed by atoms with E-state index in [1.807, 2.05) is 0 Å². The van der Waals surface area contributed by atoms with Crippen LogP contribution in [0.2, 0.25) is 0 Å². The molecule has 1 heterocycles. The predicted molar refractivity (Wildman–Crippen MR) is 107 cm³/mol. The summed E-state index contributed by atoms with van der Waals surface area (Å²) < 4.78 is 47.8. The Kier molecular flexibility index (Phi) is 5.55. The molecule has 9 nitrogen and oxygen atoms in total. The maximum absolute atomic E-state index is 13.1. The van der Waals surface area contributed by atoms with E-state index >= 15 is 0 Å². The molecule has 3 rings (SSSR count). The van der Waals surface area contributed by atoms with Crippen molar-refractivity contribution in [2.24, 2.45) is 0 Å². The van der Waals surface area contributed by atoms with Crippen LogP contribution in [0.5, 0.6) is 23.0 Å². The van der Waals surface area contributed by atoms with Gasteiger partial charge in [-0.15, -0.1) is 4.09 Å². The van der Waals surface area contributed by atoms with Gasteiger partial charge in [0.15, 0.2) is 11.5 Å². The van der Waals surface area contributed by atoms with Crippen LogP contribution in [-0.4, -0.2) is 46.0 Å². The number of ether oxygens (including phenoxy) is 4. The smallest absolute Gasteiger partial charge is 0.285 e. The Morgan fingerprint density at radius 3 is 2.00 bits per heavy atom. The molecule has 0 saturated carbocycles. The molecule has 0 unspecified atom stereocenters. The first-order valence-electron chi connectivity index (χ1n) is 8.40. The minimum Gasteiger partial charge on any atom is -0.497 e. The summed E-state index contributed by atoms with van der Waals surface area (Å²) in [5.41, 5.74) is 6.92. The van der Waals surface area contributed by atoms with Gasteiger partial charge in [-0.05, 0) is 24.3 Å². The molecule has 0 aliphatic rings. The Hall–Kier alpha value is -3.40. The Labute approximate surface area is 168 Å². The summed E-state index contributed by atoms with van der Waals surface area (Å²) in [4.78, 5) is -0.0419. The van der Waals surface area contributed by atoms with Gasteiger partial charge in [-0.2, -0.15) is 13.5 Å². The van der Waals surface area contributed by atoms with Crippen LogP contribution in [0.15, 0.2) is 47.4 Å². The number of nitrogen functional groups attached to an aromatic ring is 1. The summed E-state index contributed by atoms with van der Waals surface area (Å²) >= 11 is 0. The minimum atomic E-state index is -4.06. The van der Waals surface area contributed by atoms with Gasteiger partial charge in [-0.3, -0.25) is 0 Å². The number of nitrogens with zero attached hydrogens (tertiary/aromatic N) is 2. The van der Waals surface area contributed by atoms with Crippen LogP contribution < -0.4 is 24.7 Å². The zero-order valence-electron chi connectivity index (χ0n) is 16.4. The third-order valence-corrected chi connectivity index (χ3v) is 5.83. The first-order valence-corrected chi connectivity index (χ1v) is 9.84. The second-order valence-corrected chi connectivity index (χ2v) is 7.69. The summed E-state index contributed by atoms with van der Waals surface area (Å²) in [6.07, 6.45) is 0. The molecule has 29 heavy (non-hydrogen) atoms. The van der Waals surface area contributed by atoms with E-state index in [1.165, 1.54) is 52.7 Å². The molecule has 2 aromatic carbocycles. The lowest BCUT2D eigenvalue weighted by Gasteiger charge is -2.11. The van der Waals surface area contributed by atoms with E-state index in [0.29, 0.717) is 28.5 Å². The highest BCUT2D eigenvalue weighted by molar-refractivity contribution is 7.90. The van der Waals surface area contributed by atoms with Crippen molar-refractivity contribution >= 4 is 15.8 Å². The van der Waals surface area contributed by atoms with Crippen molar-refractivity contribution in [3.05, 3.63) is 42.5 Å². The van der Waals surface area contributed by atoms with Gasteiger partial charge in [0, 0.05) is 23.8 Å². The molecule has 3 aromatic rings. The predicted octanol–water partition coefficient (Wildman–Crippen LogP) is 2.40. The fourth-order valence-corrected chi connectivity index (χ4v) is 3.97. The summed E-state index contributed by atoms with van der Waals surface area (Å²) in [6.45, 7) is 0. The molecule has 2 N–H and O–H groups in total. The first-order chi connectivity index (χ1) is 13.8. The molecule has 0 aliphatic carbocycles. The Morgan fingerprint density at radius 1 is 0.828 bits per heavy atom. The van der Waals surface area contributed by atoms with E-state index in [9.17, 15) is 8.42 Å². The maximum atomic E-state index is 13.1. The van der Waals surface area contributed by atoms with Crippen molar-refractivity contribution in [1.29, 1.82) is 0 Å². The molecule has 0 aliphatic heterocycles. The minimum absolute atomic E-state index is 0.0419. The molecule has 10 heteroatoms. The molecule has 0 saturated heterocycles. The monoisotopic (exact) mass is 419 g/mol. The Bertz CT molecular complexity index is 1120. The SMILES string of the molecule is COc1cc(OC)cc(-c2cc(N)n(S(=O)(=O)c3ccc(OC)c(OC)c3)n2)c1. The first kappa shape index (κ1) is 20.3. The zero-order chi connectivity index (χ0) is 21.2. The van der Waals surface area contributed by atoms with E-state index < -0.39 is 10.0 Å². The quantitative estimate of drug-likeness (QED) is 0.621. The van der Waals surface area contributed by atoms with Crippen molar-refractivity contribution in [1.82, 2.24) is 9.19 Å². The Morgan fingerprint density at radius 2 is 1.45 bits per heavy atom. The number of hydrogen-bond donors (Lipinski definition) is 1. The molecule has 0 radical (unpaired) electrons. The van der Waals surface area contributed by atoms with E-state index in [0.717, 1.165) is 4.09 Å². The van der Waals surface area contributed by atoms with Gasteiger partial charge in [0.25, 0.3) is 10.0 Å². The number of anilines is 1. The van der Waals surface area contributed by atoms with Crippen LogP contribution in [0.1, 0.15) is 0 Å². The second-order valence-electron chi connectivity index (χ2n) is 5.92. The van der Waals surface area contributed by atoms with Gasteiger partial charge in [0.1, 0.15) is 17.3 Å². The molecule has 1 aromatic heterocycles. The van der Waals surface area contributed by atoms with Gasteiger partial charge in [0.05, 0.1) is 39.0 Å². The summed E-state index contributed by atoms with van der Waals surface area (Å²) in [6, 6.07) is 10.8. The summed E-state index contributed by atoms with van der Waals surface area (Å²) in [5.74, 6) is 1.71. The van der Waals surface area contributed by atoms with Gasteiger partial charge >= 0.3 is 0 Å². The lowest BCUT2D eigenvalue weighted by atomic mass is 10.1. The number of nitrogens with two attached hydrogens (primary N) is 1. The van der Waals surface area contributed by atoms with Gasteiger partial charge in [0.2, 0.25) is 0 Å². The van der Waals surface area contributed by atoms with Crippen LogP contribution in [0.3, 0.4) is 0 Å². The lowest BCUT2D eigenvalue weighted by Crippen LogP contribution is -2.17. The number of benzene rings is 2. The lowest BCUT2D eigenvalue weighted by molar-refractivity contribution is 0.354. The molecule has 0 bridgehead atoms. The summed E-state index contributed by atoms with van der Waals surface area (Å²) in [7, 11) is 1.86. The van der Waals surface area contributed by atoms with Crippen molar-refractivity contribution in [3.8, 4) is 34.3 Å². The molecule has 154 valence electrons. The van der Waals surface area contributed by atoms with Crippen LogP contribution in [0, 0.1) is 0 Å². The number of methoxy groups -OCH3 is 4. The largest absolute Gasteiger partial charge is 0.497 e. The van der Waals surface area contributed by atoms with Gasteiger partial charge in [-0.25, -0.2) is 0 Å². The number of rotatable bonds is 7. The average Bonchev–Trinajstić information content (AvgIpc) is 3.15. The molecule has 0 amide bonds. The highest BCUT2D eigenvalue weighted by Gasteiger charge is 2.24. The number of aromatic nitrogens is 2. The normalized spacial score (nSPS) is 11.2.